The number of ether oxygens (including phenoxy) is 1. The number of methoxy groups -OCH3 is 1. The van der Waals surface area contributed by atoms with Crippen LogP contribution in [-0.4, -0.2) is 38.1 Å². The normalized spacial score (nSPS) is 12.3. The molecule has 0 aliphatic rings. The van der Waals surface area contributed by atoms with Gasteiger partial charge in [-0.1, -0.05) is 20.8 Å². The van der Waals surface area contributed by atoms with E-state index in [1.54, 1.807) is 0 Å². The fourth-order valence-electron chi connectivity index (χ4n) is 1.47. The van der Waals surface area contributed by atoms with Crippen molar-refractivity contribution >= 4 is 11.9 Å². The van der Waals surface area contributed by atoms with Crippen LogP contribution < -0.4 is 10.6 Å². The lowest BCUT2D eigenvalue weighted by Crippen LogP contribution is -2.43. The molecule has 0 bridgehead atoms. The summed E-state index contributed by atoms with van der Waals surface area (Å²) in [5, 5.41) is 5.76. The van der Waals surface area contributed by atoms with Gasteiger partial charge in [-0.05, 0) is 18.9 Å². The highest BCUT2D eigenvalue weighted by atomic mass is 16.5. The minimum Gasteiger partial charge on any atom is -0.467 e. The van der Waals surface area contributed by atoms with Crippen LogP contribution in [-0.2, 0) is 14.3 Å². The number of carbonyl (C=O) groups excluding carboxylic acids is 2. The number of rotatable bonds is 8. The van der Waals surface area contributed by atoms with Gasteiger partial charge < -0.3 is 15.4 Å². The summed E-state index contributed by atoms with van der Waals surface area (Å²) in [6.07, 6.45) is 0.971. The van der Waals surface area contributed by atoms with Crippen LogP contribution in [0.3, 0.4) is 0 Å². The summed E-state index contributed by atoms with van der Waals surface area (Å²) < 4.78 is 4.67. The van der Waals surface area contributed by atoms with E-state index in [1.165, 1.54) is 7.11 Å². The molecule has 0 heterocycles. The lowest BCUT2D eigenvalue weighted by molar-refractivity contribution is -0.145. The third-order valence-corrected chi connectivity index (χ3v) is 2.31. The van der Waals surface area contributed by atoms with E-state index in [2.05, 4.69) is 15.4 Å². The van der Waals surface area contributed by atoms with Crippen LogP contribution in [0.15, 0.2) is 0 Å². The first kappa shape index (κ1) is 15.9. The van der Waals surface area contributed by atoms with E-state index >= 15 is 0 Å². The van der Waals surface area contributed by atoms with E-state index in [0.29, 0.717) is 25.3 Å². The minimum atomic E-state index is -0.533. The molecule has 5 nitrogen and oxygen atoms in total. The van der Waals surface area contributed by atoms with Crippen LogP contribution >= 0.6 is 0 Å². The number of hydrogen-bond donors (Lipinski definition) is 2. The van der Waals surface area contributed by atoms with Gasteiger partial charge in [0.2, 0.25) is 5.91 Å². The molecule has 0 aromatic heterocycles. The van der Waals surface area contributed by atoms with Crippen LogP contribution in [0.25, 0.3) is 0 Å². The van der Waals surface area contributed by atoms with Gasteiger partial charge in [0.15, 0.2) is 0 Å². The third-order valence-electron chi connectivity index (χ3n) is 2.31. The molecular weight excluding hydrogens is 220 g/mol. The smallest absolute Gasteiger partial charge is 0.328 e. The maximum atomic E-state index is 11.6. The first-order chi connectivity index (χ1) is 8.01. The molecule has 0 spiro atoms. The van der Waals surface area contributed by atoms with Gasteiger partial charge in [0.05, 0.1) is 7.11 Å². The van der Waals surface area contributed by atoms with E-state index in [9.17, 15) is 9.59 Å². The average molecular weight is 244 g/mol. The molecule has 1 amide bonds. The number of esters is 1. The van der Waals surface area contributed by atoms with Crippen molar-refractivity contribution in [3.05, 3.63) is 0 Å². The van der Waals surface area contributed by atoms with Gasteiger partial charge in [-0.2, -0.15) is 0 Å². The van der Waals surface area contributed by atoms with Gasteiger partial charge in [-0.15, -0.1) is 0 Å². The molecule has 2 N–H and O–H groups in total. The Labute approximate surface area is 103 Å². The molecule has 1 atom stereocenters. The second kappa shape index (κ2) is 8.98. The van der Waals surface area contributed by atoms with Crippen LogP contribution in [0.5, 0.6) is 0 Å². The maximum absolute atomic E-state index is 11.6. The van der Waals surface area contributed by atoms with Crippen molar-refractivity contribution in [3.8, 4) is 0 Å². The first-order valence-corrected chi connectivity index (χ1v) is 6.09. The number of carbonyl (C=O) groups is 2. The predicted molar refractivity (Wildman–Crippen MR) is 66.6 cm³/mol. The van der Waals surface area contributed by atoms with Crippen LogP contribution in [0.2, 0.25) is 0 Å². The van der Waals surface area contributed by atoms with Crippen molar-refractivity contribution in [2.24, 2.45) is 5.92 Å². The summed E-state index contributed by atoms with van der Waals surface area (Å²) in [7, 11) is 1.33. The SMILES string of the molecule is CCNCCC(=O)N[C@@H](CC(C)C)C(=O)OC. The molecule has 0 rings (SSSR count). The number of hydrogen-bond acceptors (Lipinski definition) is 4. The molecule has 0 aliphatic heterocycles. The minimum absolute atomic E-state index is 0.123. The lowest BCUT2D eigenvalue weighted by Gasteiger charge is -2.18. The Hall–Kier alpha value is -1.10. The molecule has 0 aromatic carbocycles. The molecule has 0 radical (unpaired) electrons. The van der Waals surface area contributed by atoms with Crippen LogP contribution in [0.4, 0.5) is 0 Å². The standard InChI is InChI=1S/C12H24N2O3/c1-5-13-7-6-11(15)14-10(8-9(2)3)12(16)17-4/h9-10,13H,5-8H2,1-4H3,(H,14,15)/t10-/m0/s1. The second-order valence-electron chi connectivity index (χ2n) is 4.38. The van der Waals surface area contributed by atoms with Crippen LogP contribution in [0, 0.1) is 5.92 Å². The van der Waals surface area contributed by atoms with E-state index in [1.807, 2.05) is 20.8 Å². The Bertz CT molecular complexity index is 242. The molecular formula is C12H24N2O3. The summed E-state index contributed by atoms with van der Waals surface area (Å²) >= 11 is 0. The van der Waals surface area contributed by atoms with Crippen molar-refractivity contribution in [1.29, 1.82) is 0 Å². The van der Waals surface area contributed by atoms with Gasteiger partial charge in [-0.25, -0.2) is 4.79 Å². The molecule has 0 fully saturated rings. The van der Waals surface area contributed by atoms with Gasteiger partial charge >= 0.3 is 5.97 Å². The fraction of sp³-hybridized carbons (Fsp3) is 0.833. The van der Waals surface area contributed by atoms with Crippen molar-refractivity contribution in [3.63, 3.8) is 0 Å². The third kappa shape index (κ3) is 7.74. The van der Waals surface area contributed by atoms with Gasteiger partial charge in [-0.3, -0.25) is 4.79 Å². The van der Waals surface area contributed by atoms with Gasteiger partial charge in [0, 0.05) is 13.0 Å². The predicted octanol–water partition coefficient (Wildman–Crippen LogP) is 0.690. The van der Waals surface area contributed by atoms with Crippen molar-refractivity contribution in [2.75, 3.05) is 20.2 Å². The van der Waals surface area contributed by atoms with Crippen LogP contribution in [0.1, 0.15) is 33.6 Å². The topological polar surface area (TPSA) is 67.4 Å². The highest BCUT2D eigenvalue weighted by Crippen LogP contribution is 2.06. The van der Waals surface area contributed by atoms with Crippen molar-refractivity contribution in [2.45, 2.75) is 39.7 Å². The van der Waals surface area contributed by atoms with E-state index in [4.69, 9.17) is 0 Å². The second-order valence-corrected chi connectivity index (χ2v) is 4.38. The highest BCUT2D eigenvalue weighted by Gasteiger charge is 2.22. The zero-order chi connectivity index (χ0) is 13.3. The highest BCUT2D eigenvalue weighted by molar-refractivity contribution is 5.84. The number of nitrogens with one attached hydrogen (secondary N) is 2. The zero-order valence-electron chi connectivity index (χ0n) is 11.2. The Morgan fingerprint density at radius 2 is 1.94 bits per heavy atom. The Balaban J connectivity index is 4.13. The van der Waals surface area contributed by atoms with E-state index < -0.39 is 6.04 Å². The molecule has 0 aromatic rings. The summed E-state index contributed by atoms with van der Waals surface area (Å²) in [6, 6.07) is -0.533. The van der Waals surface area contributed by atoms with Crippen molar-refractivity contribution < 1.29 is 14.3 Å². The fourth-order valence-corrected chi connectivity index (χ4v) is 1.47. The molecule has 17 heavy (non-hydrogen) atoms. The number of amides is 1. The average Bonchev–Trinajstić information content (AvgIpc) is 2.27. The molecule has 100 valence electrons. The van der Waals surface area contributed by atoms with Gasteiger partial charge in [0.25, 0.3) is 0 Å². The van der Waals surface area contributed by atoms with Crippen molar-refractivity contribution in [1.82, 2.24) is 10.6 Å². The largest absolute Gasteiger partial charge is 0.467 e. The van der Waals surface area contributed by atoms with Gasteiger partial charge in [0.1, 0.15) is 6.04 Å². The van der Waals surface area contributed by atoms with E-state index in [0.717, 1.165) is 6.54 Å². The Kier molecular flexibility index (Phi) is 8.40. The quantitative estimate of drug-likeness (QED) is 0.487. The molecule has 5 heteroatoms. The lowest BCUT2D eigenvalue weighted by atomic mass is 10.0. The summed E-state index contributed by atoms with van der Waals surface area (Å²) in [6.45, 7) is 7.44. The maximum Gasteiger partial charge on any atom is 0.328 e. The Morgan fingerprint density at radius 1 is 1.29 bits per heavy atom. The monoisotopic (exact) mass is 244 g/mol. The Morgan fingerprint density at radius 3 is 2.41 bits per heavy atom. The first-order valence-electron chi connectivity index (χ1n) is 6.09. The van der Waals surface area contributed by atoms with E-state index in [-0.39, 0.29) is 11.9 Å². The molecule has 0 saturated heterocycles. The summed E-state index contributed by atoms with van der Waals surface area (Å²) in [5.74, 6) is -0.175. The molecule has 0 unspecified atom stereocenters. The molecule has 0 saturated carbocycles. The zero-order valence-corrected chi connectivity index (χ0v) is 11.2. The summed E-state index contributed by atoms with van der Waals surface area (Å²) in [4.78, 5) is 23.0. The summed E-state index contributed by atoms with van der Waals surface area (Å²) in [5.41, 5.74) is 0. The molecule has 0 aliphatic carbocycles.